The lowest BCUT2D eigenvalue weighted by Crippen LogP contribution is -2.45. The van der Waals surface area contributed by atoms with Crippen molar-refractivity contribution in [3.8, 4) is 0 Å². The first-order valence-corrected chi connectivity index (χ1v) is 7.80. The number of nitrogens with one attached hydrogen (secondary N) is 2. The van der Waals surface area contributed by atoms with Crippen LogP contribution in [0.15, 0.2) is 0 Å². The second-order valence-electron chi connectivity index (χ2n) is 7.16. The Balaban J connectivity index is 1.60. The number of carbonyl (C=O) groups excluding carboxylic acids is 1. The molecule has 1 aliphatic carbocycles. The molecule has 116 valence electrons. The van der Waals surface area contributed by atoms with Crippen molar-refractivity contribution in [2.75, 3.05) is 19.6 Å². The monoisotopic (exact) mass is 283 g/mol. The zero-order valence-corrected chi connectivity index (χ0v) is 13.2. The maximum absolute atomic E-state index is 11.6. The van der Waals surface area contributed by atoms with E-state index in [1.807, 2.05) is 20.8 Å². The predicted octanol–water partition coefficient (Wildman–Crippen LogP) is 1.73. The lowest BCUT2D eigenvalue weighted by Gasteiger charge is -2.23. The average Bonchev–Trinajstić information content (AvgIpc) is 3.06. The molecule has 0 radical (unpaired) electrons. The highest BCUT2D eigenvalue weighted by Crippen LogP contribution is 2.29. The fourth-order valence-corrected chi connectivity index (χ4v) is 2.71. The molecule has 0 spiro atoms. The van der Waals surface area contributed by atoms with Gasteiger partial charge in [0.05, 0.1) is 0 Å². The predicted molar refractivity (Wildman–Crippen MR) is 79.8 cm³/mol. The largest absolute Gasteiger partial charge is 0.444 e. The fraction of sp³-hybridized carbons (Fsp3) is 0.933. The molecule has 1 saturated carbocycles. The van der Waals surface area contributed by atoms with Crippen molar-refractivity contribution >= 4 is 6.09 Å². The van der Waals surface area contributed by atoms with E-state index in [-0.39, 0.29) is 12.1 Å². The van der Waals surface area contributed by atoms with Crippen molar-refractivity contribution in [1.82, 2.24) is 15.5 Å². The molecule has 5 nitrogen and oxygen atoms in total. The van der Waals surface area contributed by atoms with E-state index < -0.39 is 5.60 Å². The van der Waals surface area contributed by atoms with Crippen LogP contribution in [-0.2, 0) is 4.74 Å². The highest BCUT2D eigenvalue weighted by Gasteiger charge is 2.34. The van der Waals surface area contributed by atoms with Gasteiger partial charge in [0.2, 0.25) is 0 Å². The third kappa shape index (κ3) is 5.29. The first-order valence-electron chi connectivity index (χ1n) is 7.80. The molecule has 2 rings (SSSR count). The van der Waals surface area contributed by atoms with Crippen LogP contribution in [0.1, 0.15) is 47.0 Å². The average molecular weight is 283 g/mol. The van der Waals surface area contributed by atoms with Crippen molar-refractivity contribution in [2.24, 2.45) is 0 Å². The van der Waals surface area contributed by atoms with Gasteiger partial charge in [0.15, 0.2) is 0 Å². The second-order valence-corrected chi connectivity index (χ2v) is 7.16. The van der Waals surface area contributed by atoms with Gasteiger partial charge >= 0.3 is 6.09 Å². The Hall–Kier alpha value is -0.810. The zero-order valence-electron chi connectivity index (χ0n) is 13.2. The van der Waals surface area contributed by atoms with Crippen LogP contribution in [0, 0.1) is 0 Å². The smallest absolute Gasteiger partial charge is 0.407 e. The third-order valence-electron chi connectivity index (χ3n) is 3.75. The van der Waals surface area contributed by atoms with Gasteiger partial charge in [-0.2, -0.15) is 0 Å². The standard InChI is InChI=1S/C15H29N3O2/c1-11(9-16-14(19)20-15(2,3)4)17-12-7-8-18(10-12)13-5-6-13/h11-13,17H,5-10H2,1-4H3,(H,16,19). The van der Waals surface area contributed by atoms with Gasteiger partial charge in [-0.05, 0) is 47.0 Å². The molecule has 5 heteroatoms. The molecule has 0 aromatic carbocycles. The van der Waals surface area contributed by atoms with Crippen LogP contribution in [-0.4, -0.2) is 54.4 Å². The van der Waals surface area contributed by atoms with Gasteiger partial charge in [-0.3, -0.25) is 4.90 Å². The molecule has 2 atom stereocenters. The van der Waals surface area contributed by atoms with Crippen LogP contribution in [0.3, 0.4) is 0 Å². The first kappa shape index (κ1) is 15.6. The summed E-state index contributed by atoms with van der Waals surface area (Å²) in [5.41, 5.74) is -0.434. The Labute approximate surface area is 122 Å². The van der Waals surface area contributed by atoms with Gasteiger partial charge in [-0.25, -0.2) is 4.79 Å². The quantitative estimate of drug-likeness (QED) is 0.807. The van der Waals surface area contributed by atoms with E-state index in [4.69, 9.17) is 4.74 Å². The second kappa shape index (κ2) is 6.31. The summed E-state index contributed by atoms with van der Waals surface area (Å²) < 4.78 is 5.23. The highest BCUT2D eigenvalue weighted by molar-refractivity contribution is 5.67. The van der Waals surface area contributed by atoms with E-state index in [0.29, 0.717) is 12.6 Å². The maximum atomic E-state index is 11.6. The summed E-state index contributed by atoms with van der Waals surface area (Å²) in [7, 11) is 0. The SMILES string of the molecule is CC(CNC(=O)OC(C)(C)C)NC1CCN(C2CC2)C1. The minimum Gasteiger partial charge on any atom is -0.444 e. The Morgan fingerprint density at radius 3 is 2.65 bits per heavy atom. The molecule has 2 N–H and O–H groups in total. The van der Waals surface area contributed by atoms with E-state index in [1.165, 1.54) is 25.8 Å². The van der Waals surface area contributed by atoms with E-state index in [2.05, 4.69) is 22.5 Å². The lowest BCUT2D eigenvalue weighted by molar-refractivity contribution is 0.0522. The topological polar surface area (TPSA) is 53.6 Å². The van der Waals surface area contributed by atoms with E-state index in [9.17, 15) is 4.79 Å². The third-order valence-corrected chi connectivity index (χ3v) is 3.75. The molecular weight excluding hydrogens is 254 g/mol. The molecule has 2 fully saturated rings. The molecule has 0 aromatic rings. The molecule has 1 aliphatic heterocycles. The lowest BCUT2D eigenvalue weighted by atomic mass is 10.2. The summed E-state index contributed by atoms with van der Waals surface area (Å²) >= 11 is 0. The number of alkyl carbamates (subject to hydrolysis) is 1. The van der Waals surface area contributed by atoms with Gasteiger partial charge in [0.1, 0.15) is 5.60 Å². The molecule has 1 amide bonds. The van der Waals surface area contributed by atoms with Gasteiger partial charge in [-0.15, -0.1) is 0 Å². The van der Waals surface area contributed by atoms with Crippen molar-refractivity contribution in [1.29, 1.82) is 0 Å². The number of ether oxygens (including phenoxy) is 1. The molecule has 1 heterocycles. The summed E-state index contributed by atoms with van der Waals surface area (Å²) in [5, 5.41) is 6.42. The molecule has 0 bridgehead atoms. The van der Waals surface area contributed by atoms with Gasteiger partial charge < -0.3 is 15.4 Å². The van der Waals surface area contributed by atoms with Crippen molar-refractivity contribution in [3.63, 3.8) is 0 Å². The van der Waals surface area contributed by atoms with E-state index in [1.54, 1.807) is 0 Å². The normalized spacial score (nSPS) is 25.5. The molecule has 2 unspecified atom stereocenters. The summed E-state index contributed by atoms with van der Waals surface area (Å²) in [6, 6.07) is 1.69. The van der Waals surface area contributed by atoms with E-state index in [0.717, 1.165) is 12.6 Å². The minimum absolute atomic E-state index is 0.270. The van der Waals surface area contributed by atoms with Crippen LogP contribution in [0.2, 0.25) is 0 Å². The minimum atomic E-state index is -0.434. The molecule has 1 saturated heterocycles. The Bertz CT molecular complexity index is 337. The highest BCUT2D eigenvalue weighted by atomic mass is 16.6. The number of amides is 1. The van der Waals surface area contributed by atoms with Crippen LogP contribution < -0.4 is 10.6 Å². The van der Waals surface area contributed by atoms with Gasteiger partial charge in [0, 0.05) is 37.8 Å². The Kier molecular flexibility index (Phi) is 4.91. The number of carbonyl (C=O) groups is 1. The molecule has 0 aromatic heterocycles. The van der Waals surface area contributed by atoms with Crippen LogP contribution in [0.25, 0.3) is 0 Å². The Morgan fingerprint density at radius 2 is 2.05 bits per heavy atom. The van der Waals surface area contributed by atoms with Gasteiger partial charge in [0.25, 0.3) is 0 Å². The van der Waals surface area contributed by atoms with Crippen molar-refractivity contribution < 1.29 is 9.53 Å². The fourth-order valence-electron chi connectivity index (χ4n) is 2.71. The van der Waals surface area contributed by atoms with E-state index >= 15 is 0 Å². The number of hydrogen-bond acceptors (Lipinski definition) is 4. The zero-order chi connectivity index (χ0) is 14.8. The number of hydrogen-bond donors (Lipinski definition) is 2. The van der Waals surface area contributed by atoms with Crippen molar-refractivity contribution in [3.05, 3.63) is 0 Å². The van der Waals surface area contributed by atoms with Gasteiger partial charge in [-0.1, -0.05) is 0 Å². The molecule has 2 aliphatic rings. The number of likely N-dealkylation sites (tertiary alicyclic amines) is 1. The van der Waals surface area contributed by atoms with Crippen LogP contribution >= 0.6 is 0 Å². The summed E-state index contributed by atoms with van der Waals surface area (Å²) in [6.45, 7) is 10.7. The van der Waals surface area contributed by atoms with Crippen LogP contribution in [0.5, 0.6) is 0 Å². The summed E-state index contributed by atoms with van der Waals surface area (Å²) in [4.78, 5) is 14.2. The first-order chi connectivity index (χ1) is 9.33. The maximum Gasteiger partial charge on any atom is 0.407 e. The Morgan fingerprint density at radius 1 is 1.35 bits per heavy atom. The van der Waals surface area contributed by atoms with Crippen LogP contribution in [0.4, 0.5) is 4.79 Å². The molecule has 20 heavy (non-hydrogen) atoms. The molecular formula is C15H29N3O2. The summed E-state index contributed by atoms with van der Waals surface area (Å²) in [6.07, 6.45) is 3.63. The number of nitrogens with zero attached hydrogens (tertiary/aromatic N) is 1. The summed E-state index contributed by atoms with van der Waals surface area (Å²) in [5.74, 6) is 0. The van der Waals surface area contributed by atoms with Crippen molar-refractivity contribution in [2.45, 2.75) is 70.7 Å². The number of rotatable bonds is 5.